The van der Waals surface area contributed by atoms with Crippen LogP contribution in [0.4, 0.5) is 13.6 Å². The fraction of sp³-hybridized carbons (Fsp3) is 0.611. The van der Waals surface area contributed by atoms with Crippen molar-refractivity contribution in [1.29, 1.82) is 0 Å². The van der Waals surface area contributed by atoms with Gasteiger partial charge in [-0.15, -0.1) is 0 Å². The zero-order valence-electron chi connectivity index (χ0n) is 14.8. The molecule has 0 N–H and O–H groups in total. The number of amides is 1. The fourth-order valence-corrected chi connectivity index (χ4v) is 3.07. The first kappa shape index (κ1) is 19.0. The number of benzene rings is 1. The zero-order chi connectivity index (χ0) is 18.6. The van der Waals surface area contributed by atoms with Crippen LogP contribution in [0, 0.1) is 0 Å². The molecule has 2 unspecified atom stereocenters. The Balaban J connectivity index is 1.47. The molecule has 0 saturated carbocycles. The van der Waals surface area contributed by atoms with Crippen LogP contribution in [0.1, 0.15) is 5.56 Å². The maximum atomic E-state index is 14.2. The Labute approximate surface area is 151 Å². The molecule has 3 rings (SSSR count). The summed E-state index contributed by atoms with van der Waals surface area (Å²) in [5.74, 6) is -3.10. The summed E-state index contributed by atoms with van der Waals surface area (Å²) in [6.07, 6.45) is -2.33. The molecule has 1 amide bonds. The molecular formula is C18H24F2N2O4. The molecule has 2 saturated heterocycles. The number of nitrogens with zero attached hydrogens (tertiary/aromatic N) is 2. The molecule has 6 nitrogen and oxygen atoms in total. The second kappa shape index (κ2) is 8.28. The largest absolute Gasteiger partial charge is 0.445 e. The molecular weight excluding hydrogens is 346 g/mol. The SMILES string of the molecule is CN1CCOC(COC2CN(C(=O)OCc3ccccc3)CC2(F)F)C1. The molecule has 2 atom stereocenters. The lowest BCUT2D eigenvalue weighted by atomic mass is 10.2. The van der Waals surface area contributed by atoms with Gasteiger partial charge in [0.2, 0.25) is 0 Å². The molecule has 0 spiro atoms. The van der Waals surface area contributed by atoms with Crippen LogP contribution in [0.5, 0.6) is 0 Å². The number of carbonyl (C=O) groups is 1. The van der Waals surface area contributed by atoms with E-state index in [9.17, 15) is 13.6 Å². The highest BCUT2D eigenvalue weighted by atomic mass is 19.3. The molecule has 2 heterocycles. The number of likely N-dealkylation sites (tertiary alicyclic amines) is 1. The van der Waals surface area contributed by atoms with Gasteiger partial charge >= 0.3 is 6.09 Å². The Morgan fingerprint density at radius 2 is 2.08 bits per heavy atom. The van der Waals surface area contributed by atoms with Crippen LogP contribution in [-0.4, -0.2) is 80.5 Å². The van der Waals surface area contributed by atoms with Crippen molar-refractivity contribution in [2.45, 2.75) is 24.7 Å². The number of alkyl halides is 2. The molecule has 26 heavy (non-hydrogen) atoms. The van der Waals surface area contributed by atoms with Crippen LogP contribution in [0.25, 0.3) is 0 Å². The average Bonchev–Trinajstić information content (AvgIpc) is 2.93. The number of hydrogen-bond donors (Lipinski definition) is 0. The van der Waals surface area contributed by atoms with Crippen LogP contribution in [0.3, 0.4) is 0 Å². The molecule has 144 valence electrons. The minimum absolute atomic E-state index is 0.0511. The first-order chi connectivity index (χ1) is 12.4. The van der Waals surface area contributed by atoms with Gasteiger partial charge in [0, 0.05) is 13.1 Å². The number of morpholine rings is 1. The number of hydrogen-bond acceptors (Lipinski definition) is 5. The van der Waals surface area contributed by atoms with Gasteiger partial charge in [-0.3, -0.25) is 4.90 Å². The lowest BCUT2D eigenvalue weighted by molar-refractivity contribution is -0.136. The third-order valence-corrected chi connectivity index (χ3v) is 4.55. The van der Waals surface area contributed by atoms with E-state index in [1.54, 1.807) is 12.1 Å². The molecule has 2 fully saturated rings. The third kappa shape index (κ3) is 4.90. The molecule has 0 bridgehead atoms. The van der Waals surface area contributed by atoms with Crippen LogP contribution >= 0.6 is 0 Å². The fourth-order valence-electron chi connectivity index (χ4n) is 3.07. The van der Waals surface area contributed by atoms with Crippen molar-refractivity contribution in [2.24, 2.45) is 0 Å². The summed E-state index contributed by atoms with van der Waals surface area (Å²) in [6.45, 7) is 1.26. The highest BCUT2D eigenvalue weighted by Crippen LogP contribution is 2.30. The molecule has 8 heteroatoms. The van der Waals surface area contributed by atoms with E-state index in [0.29, 0.717) is 13.2 Å². The Morgan fingerprint density at radius 1 is 1.31 bits per heavy atom. The van der Waals surface area contributed by atoms with Gasteiger partial charge in [0.05, 0.1) is 32.4 Å². The van der Waals surface area contributed by atoms with Gasteiger partial charge in [-0.2, -0.15) is 0 Å². The van der Waals surface area contributed by atoms with Gasteiger partial charge in [0.25, 0.3) is 5.92 Å². The summed E-state index contributed by atoms with van der Waals surface area (Å²) in [6, 6.07) is 9.10. The van der Waals surface area contributed by atoms with E-state index < -0.39 is 24.7 Å². The molecule has 0 aliphatic carbocycles. The van der Waals surface area contributed by atoms with Crippen molar-refractivity contribution in [3.63, 3.8) is 0 Å². The van der Waals surface area contributed by atoms with Crippen LogP contribution < -0.4 is 0 Å². The van der Waals surface area contributed by atoms with Gasteiger partial charge in [0.1, 0.15) is 12.7 Å². The van der Waals surface area contributed by atoms with E-state index >= 15 is 0 Å². The van der Waals surface area contributed by atoms with E-state index in [1.165, 1.54) is 0 Å². The van der Waals surface area contributed by atoms with Crippen molar-refractivity contribution >= 4 is 6.09 Å². The Kier molecular flexibility index (Phi) is 6.05. The minimum Gasteiger partial charge on any atom is -0.445 e. The normalized spacial score (nSPS) is 26.0. The number of likely N-dealkylation sites (N-methyl/N-ethyl adjacent to an activating group) is 1. The maximum Gasteiger partial charge on any atom is 0.410 e. The Hall–Kier alpha value is -1.77. The summed E-state index contributed by atoms with van der Waals surface area (Å²) in [7, 11) is 1.95. The lowest BCUT2D eigenvalue weighted by Gasteiger charge is -2.31. The number of ether oxygens (including phenoxy) is 3. The van der Waals surface area contributed by atoms with Gasteiger partial charge in [-0.1, -0.05) is 30.3 Å². The topological polar surface area (TPSA) is 51.2 Å². The second-order valence-corrected chi connectivity index (χ2v) is 6.76. The first-order valence-electron chi connectivity index (χ1n) is 8.69. The molecule has 0 radical (unpaired) electrons. The maximum absolute atomic E-state index is 14.2. The zero-order valence-corrected chi connectivity index (χ0v) is 14.8. The highest BCUT2D eigenvalue weighted by molar-refractivity contribution is 5.68. The molecule has 1 aromatic rings. The van der Waals surface area contributed by atoms with Crippen LogP contribution in [0.15, 0.2) is 30.3 Å². The minimum atomic E-state index is -3.10. The molecule has 0 aromatic heterocycles. The van der Waals surface area contributed by atoms with Gasteiger partial charge in [-0.05, 0) is 12.6 Å². The summed E-state index contributed by atoms with van der Waals surface area (Å²) < 4.78 is 44.4. The summed E-state index contributed by atoms with van der Waals surface area (Å²) >= 11 is 0. The smallest absolute Gasteiger partial charge is 0.410 e. The van der Waals surface area contributed by atoms with Crippen molar-refractivity contribution in [3.8, 4) is 0 Å². The lowest BCUT2D eigenvalue weighted by Crippen LogP contribution is -2.44. The Bertz CT molecular complexity index is 602. The van der Waals surface area contributed by atoms with Gasteiger partial charge in [-0.25, -0.2) is 13.6 Å². The van der Waals surface area contributed by atoms with E-state index in [-0.39, 0.29) is 25.9 Å². The predicted octanol–water partition coefficient (Wildman–Crippen LogP) is 1.99. The van der Waals surface area contributed by atoms with Crippen molar-refractivity contribution < 1.29 is 27.8 Å². The van der Waals surface area contributed by atoms with Crippen LogP contribution in [0.2, 0.25) is 0 Å². The van der Waals surface area contributed by atoms with Gasteiger partial charge < -0.3 is 19.1 Å². The third-order valence-electron chi connectivity index (χ3n) is 4.55. The van der Waals surface area contributed by atoms with Crippen LogP contribution in [-0.2, 0) is 20.8 Å². The highest BCUT2D eigenvalue weighted by Gasteiger charge is 2.51. The van der Waals surface area contributed by atoms with E-state index in [0.717, 1.165) is 17.0 Å². The number of carbonyl (C=O) groups excluding carboxylic acids is 1. The van der Waals surface area contributed by atoms with Crippen molar-refractivity contribution in [2.75, 3.05) is 46.4 Å². The standard InChI is InChI=1S/C18H24F2N2O4/c1-21-7-8-24-15(9-21)12-25-16-10-22(13-18(16,19)20)17(23)26-11-14-5-3-2-4-6-14/h2-6,15-16H,7-13H2,1H3. The van der Waals surface area contributed by atoms with Crippen molar-refractivity contribution in [3.05, 3.63) is 35.9 Å². The van der Waals surface area contributed by atoms with Gasteiger partial charge in [0.15, 0.2) is 0 Å². The molecule has 1 aromatic carbocycles. The second-order valence-electron chi connectivity index (χ2n) is 6.76. The number of halogens is 2. The molecule has 2 aliphatic rings. The first-order valence-corrected chi connectivity index (χ1v) is 8.69. The quantitative estimate of drug-likeness (QED) is 0.794. The summed E-state index contributed by atoms with van der Waals surface area (Å²) in [4.78, 5) is 15.2. The van der Waals surface area contributed by atoms with E-state index in [2.05, 4.69) is 4.90 Å². The monoisotopic (exact) mass is 370 g/mol. The summed E-state index contributed by atoms with van der Waals surface area (Å²) in [5, 5.41) is 0. The van der Waals surface area contributed by atoms with E-state index in [4.69, 9.17) is 14.2 Å². The Morgan fingerprint density at radius 3 is 2.81 bits per heavy atom. The van der Waals surface area contributed by atoms with E-state index in [1.807, 2.05) is 25.2 Å². The average molecular weight is 370 g/mol. The summed E-state index contributed by atoms with van der Waals surface area (Å²) in [5.41, 5.74) is 0.804. The number of rotatable bonds is 5. The molecule has 2 aliphatic heterocycles. The van der Waals surface area contributed by atoms with Crippen molar-refractivity contribution in [1.82, 2.24) is 9.80 Å². The predicted molar refractivity (Wildman–Crippen MR) is 90.1 cm³/mol.